The highest BCUT2D eigenvalue weighted by Crippen LogP contribution is 2.37. The van der Waals surface area contributed by atoms with Crippen molar-refractivity contribution in [2.45, 2.75) is 136 Å². The van der Waals surface area contributed by atoms with Crippen LogP contribution in [0.2, 0.25) is 0 Å². The number of esters is 2. The lowest BCUT2D eigenvalue weighted by Crippen LogP contribution is -2.69. The molecule has 0 aromatic heterocycles. The molecule has 0 radical (unpaired) electrons. The van der Waals surface area contributed by atoms with Crippen LogP contribution in [-0.2, 0) is 19.1 Å². The minimum atomic E-state index is -1.76. The molecule has 0 spiro atoms. The van der Waals surface area contributed by atoms with Crippen LogP contribution in [0.4, 0.5) is 0 Å². The van der Waals surface area contributed by atoms with E-state index >= 15 is 0 Å². The maximum absolute atomic E-state index is 12.7. The predicted molar refractivity (Wildman–Crippen MR) is 139 cm³/mol. The Hall–Kier alpha value is -1.66. The van der Waals surface area contributed by atoms with E-state index in [-0.39, 0.29) is 18.3 Å². The molecule has 4 N–H and O–H groups in total. The van der Waals surface area contributed by atoms with E-state index in [1.165, 1.54) is 38.5 Å². The van der Waals surface area contributed by atoms with Crippen molar-refractivity contribution in [3.63, 3.8) is 0 Å². The summed E-state index contributed by atoms with van der Waals surface area (Å²) in [5.41, 5.74) is 10.2. The maximum Gasteiger partial charge on any atom is 0.308 e. The van der Waals surface area contributed by atoms with Crippen LogP contribution in [0.25, 0.3) is 0 Å². The molecule has 2 unspecified atom stereocenters. The van der Waals surface area contributed by atoms with Gasteiger partial charge in [0.15, 0.2) is 0 Å². The van der Waals surface area contributed by atoms with Gasteiger partial charge >= 0.3 is 11.9 Å². The molecule has 2 atom stereocenters. The van der Waals surface area contributed by atoms with Gasteiger partial charge in [0, 0.05) is 12.8 Å². The Morgan fingerprint density at radius 1 is 0.735 bits per heavy atom. The van der Waals surface area contributed by atoms with Crippen molar-refractivity contribution in [3.05, 3.63) is 23.8 Å². The van der Waals surface area contributed by atoms with E-state index in [0.29, 0.717) is 0 Å². The number of carbonyl (C=O) groups excluding carboxylic acids is 2. The molecule has 34 heavy (non-hydrogen) atoms. The molecular weight excluding hydrogens is 428 g/mol. The van der Waals surface area contributed by atoms with E-state index in [1.54, 1.807) is 12.2 Å². The lowest BCUT2D eigenvalue weighted by atomic mass is 9.79. The fourth-order valence-electron chi connectivity index (χ4n) is 4.00. The van der Waals surface area contributed by atoms with Crippen LogP contribution >= 0.6 is 0 Å². The number of nitrogens with two attached hydrogens (primary N) is 2. The normalized spacial score (nSPS) is 22.4. The summed E-state index contributed by atoms with van der Waals surface area (Å²) in [6.07, 6.45) is 18.3. The first-order chi connectivity index (χ1) is 16.0. The molecule has 0 bridgehead atoms. The number of ether oxygens (including phenoxy) is 2. The third kappa shape index (κ3) is 10.3. The van der Waals surface area contributed by atoms with Crippen LogP contribution in [-0.4, -0.2) is 23.4 Å². The van der Waals surface area contributed by atoms with Gasteiger partial charge in [-0.2, -0.15) is 0 Å². The lowest BCUT2D eigenvalue weighted by molar-refractivity contribution is -0.192. The minimum absolute atomic E-state index is 0.239. The zero-order valence-electron chi connectivity index (χ0n) is 22.4. The van der Waals surface area contributed by atoms with Crippen molar-refractivity contribution in [2.75, 3.05) is 0 Å². The van der Waals surface area contributed by atoms with Crippen LogP contribution in [0.3, 0.4) is 0 Å². The topological polar surface area (TPSA) is 105 Å². The van der Waals surface area contributed by atoms with Crippen molar-refractivity contribution in [1.82, 2.24) is 0 Å². The largest absolute Gasteiger partial charge is 0.434 e. The van der Waals surface area contributed by atoms with E-state index < -0.39 is 23.4 Å². The van der Waals surface area contributed by atoms with Crippen molar-refractivity contribution < 1.29 is 19.1 Å². The summed E-state index contributed by atoms with van der Waals surface area (Å²) < 4.78 is 11.4. The first-order valence-electron chi connectivity index (χ1n) is 13.4. The molecule has 0 saturated heterocycles. The second-order valence-electron chi connectivity index (χ2n) is 10.8. The molecule has 6 heteroatoms. The van der Waals surface area contributed by atoms with E-state index in [1.807, 2.05) is 26.8 Å². The molecule has 1 aliphatic carbocycles. The number of hydrogen-bond donors (Lipinski definition) is 2. The van der Waals surface area contributed by atoms with Gasteiger partial charge in [-0.05, 0) is 36.0 Å². The SMILES string of the molecule is CCCCCCCCC(=O)OC1(N)C=CC(C(C)(C)C)=CC1(N)OC(=O)CCCCCCCC. The van der Waals surface area contributed by atoms with Crippen molar-refractivity contribution in [1.29, 1.82) is 0 Å². The average molecular weight is 479 g/mol. The zero-order valence-corrected chi connectivity index (χ0v) is 22.4. The minimum Gasteiger partial charge on any atom is -0.434 e. The Labute approximate surface area is 207 Å². The quantitative estimate of drug-likeness (QED) is 0.150. The molecule has 0 amide bonds. The van der Waals surface area contributed by atoms with E-state index in [4.69, 9.17) is 20.9 Å². The Balaban J connectivity index is 2.80. The highest BCUT2D eigenvalue weighted by molar-refractivity contribution is 5.72. The van der Waals surface area contributed by atoms with Gasteiger partial charge in [-0.25, -0.2) is 0 Å². The Morgan fingerprint density at radius 2 is 1.15 bits per heavy atom. The Bertz CT molecular complexity index is 695. The summed E-state index contributed by atoms with van der Waals surface area (Å²) in [5, 5.41) is 0. The Kier molecular flexibility index (Phi) is 13.1. The summed E-state index contributed by atoms with van der Waals surface area (Å²) >= 11 is 0. The summed E-state index contributed by atoms with van der Waals surface area (Å²) in [4.78, 5) is 25.3. The van der Waals surface area contributed by atoms with Crippen molar-refractivity contribution >= 4 is 11.9 Å². The van der Waals surface area contributed by atoms with Crippen molar-refractivity contribution in [2.24, 2.45) is 16.9 Å². The van der Waals surface area contributed by atoms with Gasteiger partial charge in [-0.3, -0.25) is 21.1 Å². The van der Waals surface area contributed by atoms with E-state index in [9.17, 15) is 9.59 Å². The highest BCUT2D eigenvalue weighted by Gasteiger charge is 2.52. The fraction of sp³-hybridized carbons (Fsp3) is 0.786. The summed E-state index contributed by atoms with van der Waals surface area (Å²) in [5.74, 6) is -0.864. The third-order valence-electron chi connectivity index (χ3n) is 6.39. The number of rotatable bonds is 16. The van der Waals surface area contributed by atoms with Gasteiger partial charge < -0.3 is 9.47 Å². The van der Waals surface area contributed by atoms with Crippen LogP contribution in [0.5, 0.6) is 0 Å². The molecule has 6 nitrogen and oxygen atoms in total. The fourth-order valence-corrected chi connectivity index (χ4v) is 4.00. The highest BCUT2D eigenvalue weighted by atomic mass is 16.6. The van der Waals surface area contributed by atoms with Crippen LogP contribution in [0.1, 0.15) is 125 Å². The maximum atomic E-state index is 12.7. The van der Waals surface area contributed by atoms with Gasteiger partial charge in [0.25, 0.3) is 0 Å². The molecule has 0 fully saturated rings. The molecule has 0 aromatic carbocycles. The second kappa shape index (κ2) is 14.7. The predicted octanol–water partition coefficient (Wildman–Crippen LogP) is 6.43. The first-order valence-corrected chi connectivity index (χ1v) is 13.4. The summed E-state index contributed by atoms with van der Waals surface area (Å²) in [6.45, 7) is 10.5. The lowest BCUT2D eigenvalue weighted by Gasteiger charge is -2.43. The standard InChI is InChI=1S/C28H50N2O4/c1-6-8-10-12-14-16-18-24(31)33-27(29)21-20-23(26(3,4)5)22-28(27,30)34-25(32)19-17-15-13-11-9-7-2/h20-22H,6-19,29-30H2,1-5H3. The molecule has 1 rings (SSSR count). The summed E-state index contributed by atoms with van der Waals surface area (Å²) in [6, 6.07) is 0. The van der Waals surface area contributed by atoms with Crippen LogP contribution in [0.15, 0.2) is 23.8 Å². The average Bonchev–Trinajstić information content (AvgIpc) is 2.74. The smallest absolute Gasteiger partial charge is 0.308 e. The monoisotopic (exact) mass is 478 g/mol. The second-order valence-corrected chi connectivity index (χ2v) is 10.8. The van der Waals surface area contributed by atoms with Crippen LogP contribution < -0.4 is 11.5 Å². The van der Waals surface area contributed by atoms with E-state index in [0.717, 1.165) is 44.1 Å². The Morgan fingerprint density at radius 3 is 1.59 bits per heavy atom. The van der Waals surface area contributed by atoms with Gasteiger partial charge in [0.1, 0.15) is 0 Å². The zero-order chi connectivity index (χ0) is 25.7. The van der Waals surface area contributed by atoms with Gasteiger partial charge in [-0.15, -0.1) is 0 Å². The number of allylic oxidation sites excluding steroid dienone is 2. The van der Waals surface area contributed by atoms with Crippen LogP contribution in [0, 0.1) is 5.41 Å². The number of unbranched alkanes of at least 4 members (excludes halogenated alkanes) is 10. The third-order valence-corrected chi connectivity index (χ3v) is 6.39. The number of carbonyl (C=O) groups is 2. The first kappa shape index (κ1) is 30.4. The van der Waals surface area contributed by atoms with Gasteiger partial charge in [0.2, 0.25) is 11.4 Å². The van der Waals surface area contributed by atoms with Gasteiger partial charge in [-0.1, -0.05) is 105 Å². The molecule has 0 aromatic rings. The summed E-state index contributed by atoms with van der Waals surface area (Å²) in [7, 11) is 0. The van der Waals surface area contributed by atoms with Gasteiger partial charge in [0.05, 0.1) is 0 Å². The molecule has 0 saturated carbocycles. The molecule has 0 aliphatic heterocycles. The number of hydrogen-bond acceptors (Lipinski definition) is 6. The molecule has 0 heterocycles. The molecule has 196 valence electrons. The molecular formula is C28H50N2O4. The molecule has 1 aliphatic rings. The van der Waals surface area contributed by atoms with E-state index in [2.05, 4.69) is 13.8 Å². The van der Waals surface area contributed by atoms with Crippen molar-refractivity contribution in [3.8, 4) is 0 Å².